The minimum Gasteiger partial charge on any atom is -0.495 e. The van der Waals surface area contributed by atoms with E-state index < -0.39 is 5.92 Å². The zero-order valence-electron chi connectivity index (χ0n) is 15.2. The highest BCUT2D eigenvalue weighted by molar-refractivity contribution is 6.31. The Hall–Kier alpha value is -3.12. The Morgan fingerprint density at radius 2 is 2.04 bits per heavy atom. The molecule has 7 heteroatoms. The van der Waals surface area contributed by atoms with Crippen LogP contribution < -0.4 is 15.0 Å². The molecule has 0 spiro atoms. The summed E-state index contributed by atoms with van der Waals surface area (Å²) in [5.74, 6) is 0.140. The van der Waals surface area contributed by atoms with Crippen LogP contribution in [0, 0.1) is 5.92 Å². The highest BCUT2D eigenvalue weighted by Crippen LogP contribution is 2.35. The average molecular weight is 396 g/mol. The van der Waals surface area contributed by atoms with Crippen LogP contribution in [0.1, 0.15) is 6.42 Å². The van der Waals surface area contributed by atoms with Crippen molar-refractivity contribution in [3.63, 3.8) is 0 Å². The first-order valence-electron chi connectivity index (χ1n) is 8.86. The summed E-state index contributed by atoms with van der Waals surface area (Å²) in [4.78, 5) is 31.2. The van der Waals surface area contributed by atoms with Gasteiger partial charge < -0.3 is 15.0 Å². The normalized spacial score (nSPS) is 16.4. The smallest absolute Gasteiger partial charge is 0.230 e. The number of methoxy groups -OCH3 is 1. The van der Waals surface area contributed by atoms with E-state index in [1.54, 1.807) is 29.2 Å². The lowest BCUT2D eigenvalue weighted by Crippen LogP contribution is -2.28. The number of halogens is 1. The van der Waals surface area contributed by atoms with Gasteiger partial charge in [0.15, 0.2) is 0 Å². The molecule has 2 amide bonds. The number of hydrogen-bond donors (Lipinski definition) is 1. The standard InChI is InChI=1S/C21H18ClN3O3/c1-28-18-8-7-15(22)11-17(18)25-12-14(10-20(25)26)21(27)24-19-9-6-13-4-2-3-5-16(13)23-19/h2-9,11,14H,10,12H2,1H3,(H,23,24,27). The number of fused-ring (bicyclic) bond motifs is 1. The fraction of sp³-hybridized carbons (Fsp3) is 0.190. The van der Waals surface area contributed by atoms with E-state index in [1.165, 1.54) is 7.11 Å². The van der Waals surface area contributed by atoms with Crippen LogP contribution in [0.2, 0.25) is 5.02 Å². The summed E-state index contributed by atoms with van der Waals surface area (Å²) in [7, 11) is 1.53. The summed E-state index contributed by atoms with van der Waals surface area (Å²) >= 11 is 6.07. The predicted molar refractivity (Wildman–Crippen MR) is 109 cm³/mol. The van der Waals surface area contributed by atoms with Crippen LogP contribution >= 0.6 is 11.6 Å². The van der Waals surface area contributed by atoms with E-state index in [4.69, 9.17) is 16.3 Å². The maximum absolute atomic E-state index is 12.7. The second kappa shape index (κ2) is 7.48. The van der Waals surface area contributed by atoms with Crippen LogP contribution in [0.3, 0.4) is 0 Å². The van der Waals surface area contributed by atoms with Gasteiger partial charge in [0.25, 0.3) is 0 Å². The van der Waals surface area contributed by atoms with Crippen molar-refractivity contribution in [1.82, 2.24) is 4.98 Å². The Kier molecular flexibility index (Phi) is 4.88. The van der Waals surface area contributed by atoms with Crippen molar-refractivity contribution in [3.05, 3.63) is 59.6 Å². The minimum absolute atomic E-state index is 0.120. The van der Waals surface area contributed by atoms with Crippen molar-refractivity contribution < 1.29 is 14.3 Å². The number of aromatic nitrogens is 1. The van der Waals surface area contributed by atoms with E-state index in [9.17, 15) is 9.59 Å². The van der Waals surface area contributed by atoms with Gasteiger partial charge in [0.2, 0.25) is 11.8 Å². The van der Waals surface area contributed by atoms with Crippen molar-refractivity contribution in [2.24, 2.45) is 5.92 Å². The van der Waals surface area contributed by atoms with Crippen molar-refractivity contribution in [1.29, 1.82) is 0 Å². The number of para-hydroxylation sites is 1. The number of rotatable bonds is 4. The van der Waals surface area contributed by atoms with Crippen molar-refractivity contribution in [2.45, 2.75) is 6.42 Å². The van der Waals surface area contributed by atoms with E-state index >= 15 is 0 Å². The molecule has 1 saturated heterocycles. The maximum atomic E-state index is 12.7. The summed E-state index contributed by atoms with van der Waals surface area (Å²) in [6.45, 7) is 0.259. The highest BCUT2D eigenvalue weighted by atomic mass is 35.5. The molecule has 1 atom stereocenters. The number of nitrogens with one attached hydrogen (secondary N) is 1. The molecule has 0 bridgehead atoms. The highest BCUT2D eigenvalue weighted by Gasteiger charge is 2.36. The number of carbonyl (C=O) groups is 2. The minimum atomic E-state index is -0.482. The maximum Gasteiger partial charge on any atom is 0.230 e. The van der Waals surface area contributed by atoms with Gasteiger partial charge in [-0.1, -0.05) is 29.8 Å². The van der Waals surface area contributed by atoms with Gasteiger partial charge in [0.1, 0.15) is 11.6 Å². The van der Waals surface area contributed by atoms with E-state index in [-0.39, 0.29) is 24.8 Å². The number of ether oxygens (including phenoxy) is 1. The third-order valence-electron chi connectivity index (χ3n) is 4.78. The molecule has 28 heavy (non-hydrogen) atoms. The molecule has 1 aromatic heterocycles. The second-order valence-corrected chi connectivity index (χ2v) is 7.04. The first-order valence-corrected chi connectivity index (χ1v) is 9.23. The zero-order chi connectivity index (χ0) is 19.7. The van der Waals surface area contributed by atoms with Crippen molar-refractivity contribution in [2.75, 3.05) is 23.9 Å². The second-order valence-electron chi connectivity index (χ2n) is 6.60. The zero-order valence-corrected chi connectivity index (χ0v) is 15.9. The number of hydrogen-bond acceptors (Lipinski definition) is 4. The third-order valence-corrected chi connectivity index (χ3v) is 5.01. The monoisotopic (exact) mass is 395 g/mol. The van der Waals surface area contributed by atoms with Gasteiger partial charge in [-0.2, -0.15) is 0 Å². The fourth-order valence-corrected chi connectivity index (χ4v) is 3.52. The Labute approximate surface area is 167 Å². The number of benzene rings is 2. The van der Waals surface area contributed by atoms with Gasteiger partial charge in [-0.05, 0) is 36.4 Å². The predicted octanol–water partition coefficient (Wildman–Crippen LogP) is 3.89. The first kappa shape index (κ1) is 18.3. The van der Waals surface area contributed by atoms with Gasteiger partial charge in [-0.15, -0.1) is 0 Å². The van der Waals surface area contributed by atoms with Crippen LogP contribution in [0.4, 0.5) is 11.5 Å². The quantitative estimate of drug-likeness (QED) is 0.727. The SMILES string of the molecule is COc1ccc(Cl)cc1N1CC(C(=O)Nc2ccc3ccccc3n2)CC1=O. The molecule has 1 unspecified atom stereocenters. The molecule has 0 aliphatic carbocycles. The molecule has 2 heterocycles. The van der Waals surface area contributed by atoms with Gasteiger partial charge in [-0.25, -0.2) is 4.98 Å². The number of amides is 2. The van der Waals surface area contributed by atoms with Crippen LogP contribution in [-0.2, 0) is 9.59 Å². The summed E-state index contributed by atoms with van der Waals surface area (Å²) in [5.41, 5.74) is 1.37. The summed E-state index contributed by atoms with van der Waals surface area (Å²) in [5, 5.41) is 4.32. The topological polar surface area (TPSA) is 71.5 Å². The first-order chi connectivity index (χ1) is 13.5. The number of anilines is 2. The fourth-order valence-electron chi connectivity index (χ4n) is 3.35. The molecule has 142 valence electrons. The summed E-state index contributed by atoms with van der Waals surface area (Å²) in [6.07, 6.45) is 0.120. The number of carbonyl (C=O) groups excluding carboxylic acids is 2. The molecule has 4 rings (SSSR count). The summed E-state index contributed by atoms with van der Waals surface area (Å²) in [6, 6.07) is 16.4. The molecular formula is C21H18ClN3O3. The molecule has 0 saturated carbocycles. The summed E-state index contributed by atoms with van der Waals surface area (Å²) < 4.78 is 5.33. The van der Waals surface area contributed by atoms with E-state index in [0.29, 0.717) is 22.3 Å². The lowest BCUT2D eigenvalue weighted by Gasteiger charge is -2.19. The molecule has 6 nitrogen and oxygen atoms in total. The van der Waals surface area contributed by atoms with Crippen LogP contribution in [0.25, 0.3) is 10.9 Å². The van der Waals surface area contributed by atoms with Gasteiger partial charge in [0.05, 0.1) is 24.2 Å². The Morgan fingerprint density at radius 1 is 1.21 bits per heavy atom. The van der Waals surface area contributed by atoms with Crippen LogP contribution in [0.5, 0.6) is 5.75 Å². The van der Waals surface area contributed by atoms with Gasteiger partial charge >= 0.3 is 0 Å². The molecular weight excluding hydrogens is 378 g/mol. The van der Waals surface area contributed by atoms with E-state index in [1.807, 2.05) is 30.3 Å². The van der Waals surface area contributed by atoms with Crippen LogP contribution in [-0.4, -0.2) is 30.5 Å². The Morgan fingerprint density at radius 3 is 2.86 bits per heavy atom. The molecule has 1 aliphatic heterocycles. The average Bonchev–Trinajstić information content (AvgIpc) is 3.09. The lowest BCUT2D eigenvalue weighted by atomic mass is 10.1. The molecule has 1 aliphatic rings. The number of pyridine rings is 1. The van der Waals surface area contributed by atoms with Gasteiger partial charge in [0, 0.05) is 23.4 Å². The molecule has 0 radical (unpaired) electrons. The van der Waals surface area contributed by atoms with Crippen LogP contribution in [0.15, 0.2) is 54.6 Å². The van der Waals surface area contributed by atoms with Crippen molar-refractivity contribution >= 4 is 45.8 Å². The van der Waals surface area contributed by atoms with E-state index in [2.05, 4.69) is 10.3 Å². The number of nitrogens with zero attached hydrogens (tertiary/aromatic N) is 2. The molecule has 3 aromatic rings. The molecule has 1 N–H and O–H groups in total. The third kappa shape index (κ3) is 3.51. The van der Waals surface area contributed by atoms with Gasteiger partial charge in [-0.3, -0.25) is 9.59 Å². The molecule has 1 fully saturated rings. The Bertz CT molecular complexity index is 1070. The molecule has 2 aromatic carbocycles. The van der Waals surface area contributed by atoms with Crippen molar-refractivity contribution in [3.8, 4) is 5.75 Å². The Balaban J connectivity index is 1.51. The largest absolute Gasteiger partial charge is 0.495 e. The van der Waals surface area contributed by atoms with E-state index in [0.717, 1.165) is 10.9 Å². The lowest BCUT2D eigenvalue weighted by molar-refractivity contribution is -0.122.